The van der Waals surface area contributed by atoms with Crippen LogP contribution in [-0.2, 0) is 9.59 Å². The Balaban J connectivity index is 1.21. The lowest BCUT2D eigenvalue weighted by Gasteiger charge is -2.26. The van der Waals surface area contributed by atoms with Crippen LogP contribution in [0.2, 0.25) is 0 Å². The van der Waals surface area contributed by atoms with Crippen molar-refractivity contribution in [2.75, 3.05) is 25.5 Å². The number of likely N-dealkylation sites (tertiary alicyclic amines) is 2. The molecule has 26 heavy (non-hydrogen) atoms. The van der Waals surface area contributed by atoms with Gasteiger partial charge >= 0.3 is 0 Å². The van der Waals surface area contributed by atoms with Crippen LogP contribution in [0.25, 0.3) is 11.1 Å². The number of carbonyl (C=O) groups is 2. The van der Waals surface area contributed by atoms with Crippen LogP contribution < -0.4 is 5.32 Å². The molecule has 1 aliphatic carbocycles. The fraction of sp³-hybridized carbons (Fsp3) is 0.526. The van der Waals surface area contributed by atoms with Gasteiger partial charge in [0.25, 0.3) is 6.01 Å². The minimum Gasteiger partial charge on any atom is -0.424 e. The highest BCUT2D eigenvalue weighted by atomic mass is 16.4. The zero-order chi connectivity index (χ0) is 18.0. The number of likely N-dealkylation sites (N-methyl/N-ethyl adjacent to an activating group) is 1. The van der Waals surface area contributed by atoms with Crippen LogP contribution in [-0.4, -0.2) is 58.8 Å². The molecule has 1 unspecified atom stereocenters. The van der Waals surface area contributed by atoms with E-state index in [1.165, 1.54) is 0 Å². The number of oxazole rings is 1. The average Bonchev–Trinajstić information content (AvgIpc) is 3.02. The molecule has 136 valence electrons. The number of hydrogen-bond acceptors (Lipinski definition) is 5. The highest BCUT2D eigenvalue weighted by Crippen LogP contribution is 2.47. The smallest absolute Gasteiger partial charge is 0.295 e. The SMILES string of the molecule is Cc1ccc2oc(NC3[C@H]4CN(C(=O)[C@@H]5CCC(=O)N5C)C[C@@H]34)nc2c1. The van der Waals surface area contributed by atoms with Crippen molar-refractivity contribution < 1.29 is 14.0 Å². The summed E-state index contributed by atoms with van der Waals surface area (Å²) in [6.07, 6.45) is 1.12. The molecule has 1 aromatic carbocycles. The Kier molecular flexibility index (Phi) is 3.29. The van der Waals surface area contributed by atoms with Crippen molar-refractivity contribution in [1.82, 2.24) is 14.8 Å². The van der Waals surface area contributed by atoms with E-state index < -0.39 is 0 Å². The first-order valence-corrected chi connectivity index (χ1v) is 9.19. The molecule has 0 bridgehead atoms. The fourth-order valence-electron chi connectivity index (χ4n) is 4.47. The first-order chi connectivity index (χ1) is 12.5. The van der Waals surface area contributed by atoms with Crippen LogP contribution in [0.15, 0.2) is 22.6 Å². The van der Waals surface area contributed by atoms with Gasteiger partial charge in [-0.3, -0.25) is 9.59 Å². The summed E-state index contributed by atoms with van der Waals surface area (Å²) in [7, 11) is 1.73. The van der Waals surface area contributed by atoms with E-state index >= 15 is 0 Å². The van der Waals surface area contributed by atoms with Crippen molar-refractivity contribution in [3.05, 3.63) is 23.8 Å². The molecule has 7 heteroatoms. The van der Waals surface area contributed by atoms with E-state index in [9.17, 15) is 9.59 Å². The molecule has 2 aromatic rings. The second kappa shape index (κ2) is 5.46. The van der Waals surface area contributed by atoms with Crippen molar-refractivity contribution in [1.29, 1.82) is 0 Å². The predicted octanol–water partition coefficient (Wildman–Crippen LogP) is 1.63. The van der Waals surface area contributed by atoms with Gasteiger partial charge in [0.1, 0.15) is 11.6 Å². The number of amides is 2. The summed E-state index contributed by atoms with van der Waals surface area (Å²) in [5, 5.41) is 3.39. The predicted molar refractivity (Wildman–Crippen MR) is 95.5 cm³/mol. The number of aromatic nitrogens is 1. The number of anilines is 1. The topological polar surface area (TPSA) is 78.7 Å². The van der Waals surface area contributed by atoms with Crippen LogP contribution in [0.1, 0.15) is 18.4 Å². The summed E-state index contributed by atoms with van der Waals surface area (Å²) in [5.74, 6) is 1.05. The summed E-state index contributed by atoms with van der Waals surface area (Å²) >= 11 is 0. The van der Waals surface area contributed by atoms with Crippen LogP contribution in [0.4, 0.5) is 6.01 Å². The molecule has 0 spiro atoms. The second-order valence-electron chi connectivity index (χ2n) is 7.79. The summed E-state index contributed by atoms with van der Waals surface area (Å²) in [6, 6.07) is 6.57. The van der Waals surface area contributed by atoms with Crippen LogP contribution in [0.5, 0.6) is 0 Å². The number of fused-ring (bicyclic) bond motifs is 2. The number of hydrogen-bond donors (Lipinski definition) is 1. The Labute approximate surface area is 151 Å². The Bertz CT molecular complexity index is 895. The summed E-state index contributed by atoms with van der Waals surface area (Å²) in [6.45, 7) is 3.53. The molecule has 2 saturated heterocycles. The fourth-order valence-corrected chi connectivity index (χ4v) is 4.47. The molecule has 4 atom stereocenters. The molecular weight excluding hydrogens is 332 g/mol. The van der Waals surface area contributed by atoms with E-state index in [1.807, 2.05) is 30.0 Å². The maximum absolute atomic E-state index is 12.7. The normalized spacial score (nSPS) is 30.2. The van der Waals surface area contributed by atoms with E-state index in [2.05, 4.69) is 10.3 Å². The third kappa shape index (κ3) is 2.37. The van der Waals surface area contributed by atoms with Crippen LogP contribution in [0.3, 0.4) is 0 Å². The molecule has 7 nitrogen and oxygen atoms in total. The van der Waals surface area contributed by atoms with Gasteiger partial charge in [-0.1, -0.05) is 6.07 Å². The van der Waals surface area contributed by atoms with Gasteiger partial charge in [-0.15, -0.1) is 0 Å². The number of nitrogens with one attached hydrogen (secondary N) is 1. The zero-order valence-electron chi connectivity index (χ0n) is 14.9. The van der Waals surface area contributed by atoms with Crippen LogP contribution in [0, 0.1) is 18.8 Å². The summed E-state index contributed by atoms with van der Waals surface area (Å²) < 4.78 is 5.77. The van der Waals surface area contributed by atoms with E-state index in [-0.39, 0.29) is 17.9 Å². The van der Waals surface area contributed by atoms with Crippen molar-refractivity contribution in [2.45, 2.75) is 31.8 Å². The molecular formula is C19H22N4O3. The van der Waals surface area contributed by atoms with E-state index in [1.54, 1.807) is 11.9 Å². The molecule has 3 heterocycles. The maximum Gasteiger partial charge on any atom is 0.295 e. The maximum atomic E-state index is 12.7. The first kappa shape index (κ1) is 15.7. The molecule has 2 amide bonds. The summed E-state index contributed by atoms with van der Waals surface area (Å²) in [4.78, 5) is 32.4. The van der Waals surface area contributed by atoms with Gasteiger partial charge in [0.05, 0.1) is 0 Å². The highest BCUT2D eigenvalue weighted by Gasteiger charge is 2.58. The molecule has 1 N–H and O–H groups in total. The molecule has 1 saturated carbocycles. The Hall–Kier alpha value is -2.57. The molecule has 5 rings (SSSR count). The Morgan fingerprint density at radius 1 is 1.31 bits per heavy atom. The minimum absolute atomic E-state index is 0.0680. The Morgan fingerprint density at radius 3 is 2.77 bits per heavy atom. The second-order valence-corrected chi connectivity index (χ2v) is 7.79. The molecule has 0 radical (unpaired) electrons. The largest absolute Gasteiger partial charge is 0.424 e. The van der Waals surface area contributed by atoms with E-state index in [0.29, 0.717) is 36.7 Å². The monoisotopic (exact) mass is 354 g/mol. The number of aryl methyl sites for hydroxylation is 1. The van der Waals surface area contributed by atoms with Gasteiger partial charge in [-0.05, 0) is 31.0 Å². The summed E-state index contributed by atoms with van der Waals surface area (Å²) in [5.41, 5.74) is 2.81. The molecule has 1 aromatic heterocycles. The lowest BCUT2D eigenvalue weighted by atomic mass is 10.2. The minimum atomic E-state index is -0.272. The van der Waals surface area contributed by atoms with Gasteiger partial charge in [0, 0.05) is 44.4 Å². The van der Waals surface area contributed by atoms with E-state index in [4.69, 9.17) is 4.42 Å². The first-order valence-electron chi connectivity index (χ1n) is 9.19. The third-order valence-electron chi connectivity index (χ3n) is 6.12. The number of piperidine rings is 1. The van der Waals surface area contributed by atoms with Crippen LogP contribution >= 0.6 is 0 Å². The molecule has 2 aliphatic heterocycles. The van der Waals surface area contributed by atoms with Crippen molar-refractivity contribution >= 4 is 28.9 Å². The number of rotatable bonds is 3. The zero-order valence-corrected chi connectivity index (χ0v) is 14.9. The number of carbonyl (C=O) groups excluding carboxylic acids is 2. The van der Waals surface area contributed by atoms with Crippen molar-refractivity contribution in [2.24, 2.45) is 11.8 Å². The van der Waals surface area contributed by atoms with Gasteiger partial charge in [0.15, 0.2) is 5.58 Å². The quantitative estimate of drug-likeness (QED) is 0.906. The van der Waals surface area contributed by atoms with E-state index in [0.717, 1.165) is 29.8 Å². The number of benzene rings is 1. The standard InChI is InChI=1S/C19H22N4O3/c1-10-3-5-15-13(7-10)20-19(26-15)21-17-11-8-23(9-12(11)17)18(25)14-4-6-16(24)22(14)2/h3,5,7,11-12,14,17H,4,6,8-9H2,1-2H3,(H,20,21)/t11-,12+,14-,17?/m0/s1. The van der Waals surface area contributed by atoms with Crippen molar-refractivity contribution in [3.63, 3.8) is 0 Å². The lowest BCUT2D eigenvalue weighted by Crippen LogP contribution is -2.45. The van der Waals surface area contributed by atoms with Gasteiger partial charge in [0.2, 0.25) is 11.8 Å². The third-order valence-corrected chi connectivity index (χ3v) is 6.12. The average molecular weight is 354 g/mol. The van der Waals surface area contributed by atoms with Gasteiger partial charge < -0.3 is 19.5 Å². The van der Waals surface area contributed by atoms with Gasteiger partial charge in [-0.25, -0.2) is 0 Å². The highest BCUT2D eigenvalue weighted by molar-refractivity contribution is 5.91. The van der Waals surface area contributed by atoms with Crippen molar-refractivity contribution in [3.8, 4) is 0 Å². The Morgan fingerprint density at radius 2 is 2.08 bits per heavy atom. The molecule has 3 fully saturated rings. The number of nitrogens with zero attached hydrogens (tertiary/aromatic N) is 3. The van der Waals surface area contributed by atoms with Gasteiger partial charge in [-0.2, -0.15) is 4.98 Å². The molecule has 3 aliphatic rings. The lowest BCUT2D eigenvalue weighted by molar-refractivity contribution is -0.139.